The van der Waals surface area contributed by atoms with Crippen LogP contribution in [0.5, 0.6) is 5.75 Å². The van der Waals surface area contributed by atoms with Crippen LogP contribution in [0, 0.1) is 11.3 Å². The third-order valence-electron chi connectivity index (χ3n) is 3.30. The van der Waals surface area contributed by atoms with E-state index in [1.807, 2.05) is 42.6 Å². The number of nitrogens with zero attached hydrogens (tertiary/aromatic N) is 2. The molecule has 21 heavy (non-hydrogen) atoms. The number of hydrogen-bond acceptors (Lipinski definition) is 3. The van der Waals surface area contributed by atoms with Gasteiger partial charge in [0, 0.05) is 29.5 Å². The highest BCUT2D eigenvalue weighted by atomic mass is 16.5. The predicted molar refractivity (Wildman–Crippen MR) is 82.6 cm³/mol. The quantitative estimate of drug-likeness (QED) is 0.742. The molecule has 0 saturated heterocycles. The van der Waals surface area contributed by atoms with Crippen molar-refractivity contribution in [2.75, 3.05) is 7.11 Å². The van der Waals surface area contributed by atoms with E-state index in [9.17, 15) is 5.26 Å². The maximum Gasteiger partial charge on any atom is 0.142 e. The molecule has 0 aliphatic heterocycles. The van der Waals surface area contributed by atoms with Crippen LogP contribution in [0.25, 0.3) is 22.6 Å². The lowest BCUT2D eigenvalue weighted by atomic mass is 10.0. The maximum absolute atomic E-state index is 9.46. The Morgan fingerprint density at radius 2 is 2.24 bits per heavy atom. The topological polar surface area (TPSA) is 61.7 Å². The minimum absolute atomic E-state index is 0.586. The van der Waals surface area contributed by atoms with E-state index < -0.39 is 0 Å². The summed E-state index contributed by atoms with van der Waals surface area (Å²) in [5, 5.41) is 10.4. The van der Waals surface area contributed by atoms with Crippen molar-refractivity contribution in [1.82, 2.24) is 9.97 Å². The number of aromatic nitrogens is 2. The van der Waals surface area contributed by atoms with Crippen LogP contribution in [0.4, 0.5) is 0 Å². The third-order valence-corrected chi connectivity index (χ3v) is 3.30. The average molecular weight is 275 g/mol. The smallest absolute Gasteiger partial charge is 0.142 e. The highest BCUT2D eigenvalue weighted by molar-refractivity contribution is 6.02. The summed E-state index contributed by atoms with van der Waals surface area (Å²) >= 11 is 0. The second-order valence-electron chi connectivity index (χ2n) is 4.54. The molecule has 0 aliphatic rings. The van der Waals surface area contributed by atoms with Crippen molar-refractivity contribution in [2.24, 2.45) is 0 Å². The summed E-state index contributed by atoms with van der Waals surface area (Å²) < 4.78 is 5.33. The molecule has 102 valence electrons. The molecule has 1 aromatic carbocycles. The number of pyridine rings is 1. The minimum Gasteiger partial charge on any atom is -0.495 e. The number of hydrogen-bond donors (Lipinski definition) is 1. The van der Waals surface area contributed by atoms with Gasteiger partial charge in [0.1, 0.15) is 5.75 Å². The van der Waals surface area contributed by atoms with Crippen LogP contribution in [0.15, 0.2) is 48.9 Å². The van der Waals surface area contributed by atoms with Gasteiger partial charge in [-0.25, -0.2) is 0 Å². The first-order valence-electron chi connectivity index (χ1n) is 6.50. The number of aromatic amines is 1. The maximum atomic E-state index is 9.46. The van der Waals surface area contributed by atoms with Crippen LogP contribution < -0.4 is 4.74 Å². The molecule has 0 bridgehead atoms. The predicted octanol–water partition coefficient (Wildman–Crippen LogP) is 3.64. The first-order chi connectivity index (χ1) is 10.3. The van der Waals surface area contributed by atoms with Gasteiger partial charge in [-0.1, -0.05) is 18.2 Å². The van der Waals surface area contributed by atoms with Gasteiger partial charge in [-0.05, 0) is 23.8 Å². The first-order valence-corrected chi connectivity index (χ1v) is 6.50. The summed E-state index contributed by atoms with van der Waals surface area (Å²) in [7, 11) is 1.63. The van der Waals surface area contributed by atoms with E-state index in [0.717, 1.165) is 27.8 Å². The van der Waals surface area contributed by atoms with Crippen LogP contribution in [-0.4, -0.2) is 17.1 Å². The number of fused-ring (bicyclic) bond motifs is 1. The van der Waals surface area contributed by atoms with Crippen molar-refractivity contribution in [2.45, 2.75) is 0 Å². The Balaban J connectivity index is 2.15. The highest BCUT2D eigenvalue weighted by Gasteiger charge is 2.11. The number of benzene rings is 1. The lowest BCUT2D eigenvalue weighted by Gasteiger charge is -2.02. The average Bonchev–Trinajstić information content (AvgIpc) is 2.97. The molecule has 0 saturated carbocycles. The first kappa shape index (κ1) is 12.9. The van der Waals surface area contributed by atoms with Crippen molar-refractivity contribution >= 4 is 22.6 Å². The Labute approximate surface area is 122 Å². The highest BCUT2D eigenvalue weighted by Crippen LogP contribution is 2.31. The Morgan fingerprint density at radius 1 is 1.33 bits per heavy atom. The molecular formula is C17H13N3O. The van der Waals surface area contributed by atoms with E-state index in [-0.39, 0.29) is 0 Å². The molecule has 0 amide bonds. The molecule has 4 nitrogen and oxygen atoms in total. The van der Waals surface area contributed by atoms with Gasteiger partial charge in [0.05, 0.1) is 24.3 Å². The van der Waals surface area contributed by atoms with E-state index in [0.29, 0.717) is 5.57 Å². The van der Waals surface area contributed by atoms with Crippen LogP contribution in [0.2, 0.25) is 0 Å². The van der Waals surface area contributed by atoms with Gasteiger partial charge < -0.3 is 9.72 Å². The van der Waals surface area contributed by atoms with Crippen LogP contribution >= 0.6 is 0 Å². The zero-order valence-electron chi connectivity index (χ0n) is 11.5. The fourth-order valence-electron chi connectivity index (χ4n) is 2.32. The number of nitrogens with one attached hydrogen (secondary N) is 1. The van der Waals surface area contributed by atoms with E-state index in [4.69, 9.17) is 4.74 Å². The number of allylic oxidation sites excluding steroid dienone is 1. The summed E-state index contributed by atoms with van der Waals surface area (Å²) in [5.74, 6) is 0.761. The summed E-state index contributed by atoms with van der Waals surface area (Å²) in [6.45, 7) is 0. The van der Waals surface area contributed by atoms with Gasteiger partial charge >= 0.3 is 0 Å². The summed E-state index contributed by atoms with van der Waals surface area (Å²) in [4.78, 5) is 7.24. The Kier molecular flexibility index (Phi) is 3.40. The summed E-state index contributed by atoms with van der Waals surface area (Å²) in [6, 6.07) is 11.8. The fraction of sp³-hybridized carbons (Fsp3) is 0.0588. The largest absolute Gasteiger partial charge is 0.495 e. The van der Waals surface area contributed by atoms with Gasteiger partial charge in [-0.2, -0.15) is 5.26 Å². The molecule has 3 aromatic rings. The second-order valence-corrected chi connectivity index (χ2v) is 4.54. The van der Waals surface area contributed by atoms with Gasteiger partial charge in [0.25, 0.3) is 0 Å². The molecule has 0 radical (unpaired) electrons. The lowest BCUT2D eigenvalue weighted by molar-refractivity contribution is 0.419. The third kappa shape index (κ3) is 2.37. The second kappa shape index (κ2) is 5.51. The van der Waals surface area contributed by atoms with Crippen molar-refractivity contribution < 1.29 is 4.74 Å². The van der Waals surface area contributed by atoms with Crippen LogP contribution in [0.1, 0.15) is 11.1 Å². The lowest BCUT2D eigenvalue weighted by Crippen LogP contribution is -1.84. The SMILES string of the molecule is COc1cccc2c(C(C#N)=Cc3cccnc3)c[nH]c12. The molecule has 3 rings (SSSR count). The minimum atomic E-state index is 0.586. The van der Waals surface area contributed by atoms with Gasteiger partial charge in [-0.3, -0.25) is 4.98 Å². The molecule has 0 unspecified atom stereocenters. The number of nitriles is 1. The van der Waals surface area contributed by atoms with Crippen molar-refractivity contribution in [1.29, 1.82) is 5.26 Å². The Bertz CT molecular complexity index is 841. The van der Waals surface area contributed by atoms with Crippen molar-refractivity contribution in [3.63, 3.8) is 0 Å². The summed E-state index contributed by atoms with van der Waals surface area (Å²) in [6.07, 6.45) is 7.10. The van der Waals surface area contributed by atoms with Crippen molar-refractivity contribution in [3.05, 3.63) is 60.0 Å². The Morgan fingerprint density at radius 3 is 2.95 bits per heavy atom. The van der Waals surface area contributed by atoms with Crippen molar-refractivity contribution in [3.8, 4) is 11.8 Å². The molecule has 0 fully saturated rings. The summed E-state index contributed by atoms with van der Waals surface area (Å²) in [5.41, 5.74) is 3.23. The molecule has 0 atom stereocenters. The molecule has 2 aromatic heterocycles. The van der Waals surface area contributed by atoms with E-state index in [1.165, 1.54) is 0 Å². The standard InChI is InChI=1S/C17H13N3O/c1-21-16-6-2-5-14-15(11-20-17(14)16)13(9-18)8-12-4-3-7-19-10-12/h2-8,10-11,20H,1H3. The number of methoxy groups -OCH3 is 1. The van der Waals surface area contributed by atoms with E-state index in [2.05, 4.69) is 16.0 Å². The number of H-pyrrole nitrogens is 1. The fourth-order valence-corrected chi connectivity index (χ4v) is 2.32. The van der Waals surface area contributed by atoms with Gasteiger partial charge in [0.2, 0.25) is 0 Å². The Hall–Kier alpha value is -3.06. The van der Waals surface area contributed by atoms with E-state index in [1.54, 1.807) is 19.5 Å². The molecule has 1 N–H and O–H groups in total. The number of ether oxygens (including phenoxy) is 1. The molecular weight excluding hydrogens is 262 g/mol. The number of para-hydroxylation sites is 1. The zero-order chi connectivity index (χ0) is 14.7. The monoisotopic (exact) mass is 275 g/mol. The number of rotatable bonds is 3. The molecule has 0 spiro atoms. The van der Waals surface area contributed by atoms with Gasteiger partial charge in [0.15, 0.2) is 0 Å². The molecule has 0 aliphatic carbocycles. The molecule has 4 heteroatoms. The van der Waals surface area contributed by atoms with Gasteiger partial charge in [-0.15, -0.1) is 0 Å². The van der Waals surface area contributed by atoms with Crippen LogP contribution in [0.3, 0.4) is 0 Å². The molecule has 2 heterocycles. The van der Waals surface area contributed by atoms with E-state index >= 15 is 0 Å². The zero-order valence-corrected chi connectivity index (χ0v) is 11.5. The van der Waals surface area contributed by atoms with Crippen LogP contribution in [-0.2, 0) is 0 Å². The normalized spacial score (nSPS) is 11.3.